The number of amides is 2. The molecule has 0 saturated heterocycles. The van der Waals surface area contributed by atoms with Crippen molar-refractivity contribution in [1.82, 2.24) is 10.2 Å². The van der Waals surface area contributed by atoms with Gasteiger partial charge in [0.15, 0.2) is 0 Å². The monoisotopic (exact) mass is 649 g/mol. The van der Waals surface area contributed by atoms with E-state index in [1.165, 1.54) is 29.2 Å². The number of hydrogen-bond acceptors (Lipinski definition) is 4. The second-order valence-corrected chi connectivity index (χ2v) is 13.7. The number of sulfonamides is 1. The fourth-order valence-electron chi connectivity index (χ4n) is 4.97. The van der Waals surface area contributed by atoms with Crippen LogP contribution in [0, 0.1) is 13.8 Å². The molecule has 2 amide bonds. The fraction of sp³-hybridized carbons (Fsp3) is 0.355. The van der Waals surface area contributed by atoms with Gasteiger partial charge < -0.3 is 10.2 Å². The van der Waals surface area contributed by atoms with E-state index < -0.39 is 28.5 Å². The summed E-state index contributed by atoms with van der Waals surface area (Å²) in [5.74, 6) is -0.910. The molecule has 1 N–H and O–H groups in total. The third-order valence-electron chi connectivity index (χ3n) is 7.72. The predicted octanol–water partition coefficient (Wildman–Crippen LogP) is 6.94. The lowest BCUT2D eigenvalue weighted by atomic mass is 10.1. The van der Waals surface area contributed by atoms with Crippen LogP contribution in [0.2, 0.25) is 15.1 Å². The Labute approximate surface area is 262 Å². The average molecular weight is 651 g/mol. The summed E-state index contributed by atoms with van der Waals surface area (Å²) in [5.41, 5.74) is 2.62. The highest BCUT2D eigenvalue weighted by Crippen LogP contribution is 2.29. The Bertz CT molecular complexity index is 1540. The minimum Gasteiger partial charge on any atom is -0.352 e. The maximum absolute atomic E-state index is 14.2. The molecule has 4 rings (SSSR count). The minimum atomic E-state index is -4.21. The average Bonchev–Trinajstić information content (AvgIpc) is 3.46. The Balaban J connectivity index is 1.73. The van der Waals surface area contributed by atoms with Gasteiger partial charge in [0.1, 0.15) is 12.6 Å². The molecule has 0 radical (unpaired) electrons. The van der Waals surface area contributed by atoms with Crippen molar-refractivity contribution < 1.29 is 18.0 Å². The number of carbonyl (C=O) groups excluding carboxylic acids is 2. The second kappa shape index (κ2) is 13.7. The van der Waals surface area contributed by atoms with Gasteiger partial charge in [0.25, 0.3) is 10.0 Å². The Kier molecular flexibility index (Phi) is 10.5. The maximum atomic E-state index is 14.2. The SMILES string of the molecule is Cc1ccc(N(CC(=O)N(Cc2c(Cl)cccc2Cl)[C@H](C)C(=O)NC2CCCC2)S(=O)(=O)c2ccc(Cl)cc2)cc1C. The van der Waals surface area contributed by atoms with Crippen LogP contribution in [0.3, 0.4) is 0 Å². The number of aryl methyl sites for hydroxylation is 2. The first-order valence-corrected chi connectivity index (χ1v) is 16.3. The zero-order valence-corrected chi connectivity index (χ0v) is 26.8. The van der Waals surface area contributed by atoms with Gasteiger partial charge in [-0.15, -0.1) is 0 Å². The molecule has 0 spiro atoms. The Morgan fingerprint density at radius 2 is 1.55 bits per heavy atom. The predicted molar refractivity (Wildman–Crippen MR) is 169 cm³/mol. The van der Waals surface area contributed by atoms with E-state index in [-0.39, 0.29) is 23.4 Å². The van der Waals surface area contributed by atoms with Crippen LogP contribution in [0.1, 0.15) is 49.3 Å². The second-order valence-electron chi connectivity index (χ2n) is 10.6. The van der Waals surface area contributed by atoms with Crippen LogP contribution in [0.4, 0.5) is 5.69 Å². The highest BCUT2D eigenvalue weighted by Gasteiger charge is 2.34. The zero-order chi connectivity index (χ0) is 30.6. The smallest absolute Gasteiger partial charge is 0.264 e. The third-order valence-corrected chi connectivity index (χ3v) is 10.5. The van der Waals surface area contributed by atoms with Crippen LogP contribution in [0.5, 0.6) is 0 Å². The summed E-state index contributed by atoms with van der Waals surface area (Å²) in [6.45, 7) is 4.77. The van der Waals surface area contributed by atoms with E-state index in [0.29, 0.717) is 26.3 Å². The molecule has 0 bridgehead atoms. The third kappa shape index (κ3) is 7.40. The summed E-state index contributed by atoms with van der Waals surface area (Å²) >= 11 is 18.9. The number of halogens is 3. The summed E-state index contributed by atoms with van der Waals surface area (Å²) in [6, 6.07) is 15.1. The molecule has 224 valence electrons. The van der Waals surface area contributed by atoms with E-state index in [4.69, 9.17) is 34.8 Å². The molecule has 1 saturated carbocycles. The van der Waals surface area contributed by atoms with E-state index in [9.17, 15) is 18.0 Å². The molecule has 11 heteroatoms. The summed E-state index contributed by atoms with van der Waals surface area (Å²) < 4.78 is 29.0. The van der Waals surface area contributed by atoms with Crippen molar-refractivity contribution in [3.63, 3.8) is 0 Å². The van der Waals surface area contributed by atoms with Gasteiger partial charge in [0.05, 0.1) is 10.6 Å². The largest absolute Gasteiger partial charge is 0.352 e. The quantitative estimate of drug-likeness (QED) is 0.258. The first kappa shape index (κ1) is 32.1. The van der Waals surface area contributed by atoms with Gasteiger partial charge in [-0.2, -0.15) is 0 Å². The number of benzene rings is 3. The number of nitrogens with zero attached hydrogens (tertiary/aromatic N) is 2. The molecule has 0 heterocycles. The lowest BCUT2D eigenvalue weighted by Gasteiger charge is -2.33. The van der Waals surface area contributed by atoms with Crippen molar-refractivity contribution in [1.29, 1.82) is 0 Å². The Morgan fingerprint density at radius 3 is 2.14 bits per heavy atom. The molecule has 0 aliphatic heterocycles. The van der Waals surface area contributed by atoms with Crippen LogP contribution in [-0.4, -0.2) is 43.8 Å². The summed E-state index contributed by atoms with van der Waals surface area (Å²) in [4.78, 5) is 28.8. The van der Waals surface area contributed by atoms with Gasteiger partial charge in [0.2, 0.25) is 11.8 Å². The molecule has 1 aliphatic rings. The highest BCUT2D eigenvalue weighted by atomic mass is 35.5. The molecule has 1 fully saturated rings. The number of anilines is 1. The molecule has 7 nitrogen and oxygen atoms in total. The van der Waals surface area contributed by atoms with Gasteiger partial charge in [-0.25, -0.2) is 8.42 Å². The van der Waals surface area contributed by atoms with Crippen LogP contribution in [0.25, 0.3) is 0 Å². The lowest BCUT2D eigenvalue weighted by molar-refractivity contribution is -0.139. The number of rotatable bonds is 10. The lowest BCUT2D eigenvalue weighted by Crippen LogP contribution is -2.52. The summed E-state index contributed by atoms with van der Waals surface area (Å²) in [6.07, 6.45) is 3.82. The van der Waals surface area contributed by atoms with Crippen molar-refractivity contribution in [2.45, 2.75) is 70.0 Å². The molecule has 3 aromatic carbocycles. The molecule has 42 heavy (non-hydrogen) atoms. The van der Waals surface area contributed by atoms with Crippen molar-refractivity contribution in [3.05, 3.63) is 92.4 Å². The molecular formula is C31H34Cl3N3O4S. The van der Waals surface area contributed by atoms with E-state index in [1.807, 2.05) is 13.8 Å². The van der Waals surface area contributed by atoms with Gasteiger partial charge in [0, 0.05) is 33.2 Å². The summed E-state index contributed by atoms with van der Waals surface area (Å²) in [7, 11) is -4.21. The first-order valence-electron chi connectivity index (χ1n) is 13.8. The Morgan fingerprint density at radius 1 is 0.929 bits per heavy atom. The van der Waals surface area contributed by atoms with Crippen molar-refractivity contribution >= 4 is 62.3 Å². The minimum absolute atomic E-state index is 0.0225. The van der Waals surface area contributed by atoms with Gasteiger partial charge in [-0.3, -0.25) is 13.9 Å². The topological polar surface area (TPSA) is 86.8 Å². The van der Waals surface area contributed by atoms with E-state index in [2.05, 4.69) is 5.32 Å². The number of hydrogen-bond donors (Lipinski definition) is 1. The van der Waals surface area contributed by atoms with Crippen molar-refractivity contribution in [2.24, 2.45) is 0 Å². The maximum Gasteiger partial charge on any atom is 0.264 e. The van der Waals surface area contributed by atoms with Crippen LogP contribution >= 0.6 is 34.8 Å². The molecule has 3 aromatic rings. The van der Waals surface area contributed by atoms with Gasteiger partial charge in [-0.1, -0.05) is 59.8 Å². The Hall–Kier alpha value is -2.78. The highest BCUT2D eigenvalue weighted by molar-refractivity contribution is 7.92. The normalized spacial score (nSPS) is 14.4. The van der Waals surface area contributed by atoms with Crippen LogP contribution < -0.4 is 9.62 Å². The molecule has 1 aliphatic carbocycles. The van der Waals surface area contributed by atoms with Crippen LogP contribution in [-0.2, 0) is 26.2 Å². The van der Waals surface area contributed by atoms with E-state index >= 15 is 0 Å². The molecule has 0 aromatic heterocycles. The van der Waals surface area contributed by atoms with Gasteiger partial charge in [-0.05, 0) is 93.3 Å². The number of carbonyl (C=O) groups is 2. The zero-order valence-electron chi connectivity index (χ0n) is 23.7. The molecule has 1 atom stereocenters. The first-order chi connectivity index (χ1) is 19.9. The van der Waals surface area contributed by atoms with Crippen LogP contribution in [0.15, 0.2) is 65.6 Å². The fourth-order valence-corrected chi connectivity index (χ4v) is 7.02. The van der Waals surface area contributed by atoms with E-state index in [0.717, 1.165) is 41.1 Å². The molecule has 0 unspecified atom stereocenters. The molecular weight excluding hydrogens is 617 g/mol. The van der Waals surface area contributed by atoms with Crippen molar-refractivity contribution in [2.75, 3.05) is 10.8 Å². The van der Waals surface area contributed by atoms with Gasteiger partial charge >= 0.3 is 0 Å². The number of nitrogens with one attached hydrogen (secondary N) is 1. The van der Waals surface area contributed by atoms with Crippen molar-refractivity contribution in [3.8, 4) is 0 Å². The van der Waals surface area contributed by atoms with E-state index in [1.54, 1.807) is 43.3 Å². The standard InChI is InChI=1S/C31H34Cl3N3O4S/c1-20-11-14-25(17-21(20)2)37(42(40,41)26-15-12-23(32)13-16-26)19-30(38)36(18-27-28(33)9-6-10-29(27)34)22(3)31(39)35-24-7-4-5-8-24/h6,9-17,22,24H,4-5,7-8,18-19H2,1-3H3,(H,35,39)/t22-/m1/s1. The summed E-state index contributed by atoms with van der Waals surface area (Å²) in [5, 5.41) is 4.10.